The van der Waals surface area contributed by atoms with E-state index in [4.69, 9.17) is 0 Å². The van der Waals surface area contributed by atoms with Gasteiger partial charge in [-0.25, -0.2) is 0 Å². The van der Waals surface area contributed by atoms with Crippen LogP contribution in [0.5, 0.6) is 0 Å². The molecule has 3 aromatic carbocycles. The first-order valence-electron chi connectivity index (χ1n) is 7.38. The molecule has 21 heavy (non-hydrogen) atoms. The highest BCUT2D eigenvalue weighted by atomic mass is 14.1. The second kappa shape index (κ2) is 3.73. The van der Waals surface area contributed by atoms with Gasteiger partial charge < -0.3 is 0 Å². The number of hydrogen-bond donors (Lipinski definition) is 0. The molecule has 0 nitrogen and oxygen atoms in total. The predicted octanol–water partition coefficient (Wildman–Crippen LogP) is 6.00. The summed E-state index contributed by atoms with van der Waals surface area (Å²) in [5.41, 5.74) is 3.98. The number of rotatable bonds is 0. The molecule has 0 amide bonds. The quantitative estimate of drug-likeness (QED) is 0.322. The maximum atomic E-state index is 2.32. The van der Waals surface area contributed by atoms with Crippen molar-refractivity contribution in [3.63, 3.8) is 0 Å². The molecule has 0 radical (unpaired) electrons. The van der Waals surface area contributed by atoms with Crippen LogP contribution in [0.15, 0.2) is 66.7 Å². The van der Waals surface area contributed by atoms with Gasteiger partial charge in [0.2, 0.25) is 0 Å². The van der Waals surface area contributed by atoms with E-state index in [0.29, 0.717) is 0 Å². The van der Waals surface area contributed by atoms with Crippen LogP contribution in [-0.4, -0.2) is 0 Å². The van der Waals surface area contributed by atoms with Gasteiger partial charge in [0, 0.05) is 0 Å². The maximum Gasteiger partial charge on any atom is -0.00241 e. The van der Waals surface area contributed by atoms with Crippen molar-refractivity contribution in [3.05, 3.63) is 72.3 Å². The molecule has 0 N–H and O–H groups in total. The fraction of sp³-hybridized carbons (Fsp3) is 0.0476. The normalized spacial score (nSPS) is 12.0. The topological polar surface area (TPSA) is 0 Å². The van der Waals surface area contributed by atoms with Gasteiger partial charge in [-0.05, 0) is 68.1 Å². The Morgan fingerprint density at radius 2 is 1.19 bits per heavy atom. The van der Waals surface area contributed by atoms with Crippen LogP contribution in [0.2, 0.25) is 0 Å². The van der Waals surface area contributed by atoms with Crippen LogP contribution < -0.4 is 0 Å². The monoisotopic (exact) mass is 266 g/mol. The first kappa shape index (κ1) is 11.1. The van der Waals surface area contributed by atoms with Crippen LogP contribution in [0.25, 0.3) is 43.4 Å². The van der Waals surface area contributed by atoms with Crippen molar-refractivity contribution < 1.29 is 0 Å². The van der Waals surface area contributed by atoms with Gasteiger partial charge in [-0.3, -0.25) is 0 Å². The Hall–Kier alpha value is -2.60. The van der Waals surface area contributed by atoms with E-state index in [1.165, 1.54) is 49.0 Å². The first-order valence-corrected chi connectivity index (χ1v) is 7.38. The second-order valence-electron chi connectivity index (χ2n) is 5.94. The van der Waals surface area contributed by atoms with Crippen LogP contribution in [0.3, 0.4) is 0 Å². The standard InChI is InChI=1S/C21H14/c1-13-5-6-14-7-8-17-11-15-3-2-4-16(15)12-18-9-10-19(13)21(14)20(17)18/h2-12H,1H3. The summed E-state index contributed by atoms with van der Waals surface area (Å²) in [6.07, 6.45) is 0. The van der Waals surface area contributed by atoms with E-state index < -0.39 is 0 Å². The summed E-state index contributed by atoms with van der Waals surface area (Å²) in [5.74, 6) is 0. The minimum absolute atomic E-state index is 1.31. The molecule has 0 spiro atoms. The van der Waals surface area contributed by atoms with Crippen molar-refractivity contribution in [2.45, 2.75) is 6.92 Å². The van der Waals surface area contributed by atoms with E-state index >= 15 is 0 Å². The molecular formula is C21H14. The Morgan fingerprint density at radius 1 is 0.571 bits per heavy atom. The van der Waals surface area contributed by atoms with E-state index in [2.05, 4.69) is 73.7 Å². The highest BCUT2D eigenvalue weighted by Gasteiger charge is 2.11. The van der Waals surface area contributed by atoms with Crippen molar-refractivity contribution in [1.29, 1.82) is 0 Å². The highest BCUT2D eigenvalue weighted by molar-refractivity contribution is 6.23. The van der Waals surface area contributed by atoms with Gasteiger partial charge in [-0.2, -0.15) is 0 Å². The van der Waals surface area contributed by atoms with Gasteiger partial charge in [0.25, 0.3) is 0 Å². The van der Waals surface area contributed by atoms with Crippen molar-refractivity contribution in [2.24, 2.45) is 0 Å². The summed E-state index contributed by atoms with van der Waals surface area (Å²) in [6.45, 7) is 2.20. The first-order chi connectivity index (χ1) is 10.3. The van der Waals surface area contributed by atoms with E-state index in [1.54, 1.807) is 0 Å². The number of hydrogen-bond acceptors (Lipinski definition) is 0. The number of fused-ring (bicyclic) bond motifs is 1. The summed E-state index contributed by atoms with van der Waals surface area (Å²) in [4.78, 5) is 0. The zero-order valence-electron chi connectivity index (χ0n) is 11.9. The predicted molar refractivity (Wildman–Crippen MR) is 91.5 cm³/mol. The van der Waals surface area contributed by atoms with E-state index in [9.17, 15) is 0 Å². The zero-order valence-corrected chi connectivity index (χ0v) is 11.9. The zero-order chi connectivity index (χ0) is 14.0. The molecule has 5 rings (SSSR count). The van der Waals surface area contributed by atoms with Crippen LogP contribution in [-0.2, 0) is 0 Å². The summed E-state index contributed by atoms with van der Waals surface area (Å²) in [6, 6.07) is 24.7. The third-order valence-electron chi connectivity index (χ3n) is 4.70. The fourth-order valence-electron chi connectivity index (χ4n) is 3.63. The molecule has 0 heterocycles. The lowest BCUT2D eigenvalue weighted by atomic mass is 9.94. The SMILES string of the molecule is Cc1ccc2ccc3cc4cccc-4cc4ccc1c2c34. The Labute approximate surface area is 123 Å². The molecular weight excluding hydrogens is 252 g/mol. The smallest absolute Gasteiger partial charge is 0.00241 e. The van der Waals surface area contributed by atoms with Crippen molar-refractivity contribution >= 4 is 32.3 Å². The lowest BCUT2D eigenvalue weighted by Gasteiger charge is -2.10. The maximum absolute atomic E-state index is 2.32. The van der Waals surface area contributed by atoms with Gasteiger partial charge in [0.15, 0.2) is 0 Å². The van der Waals surface area contributed by atoms with Gasteiger partial charge in [0.05, 0.1) is 0 Å². The second-order valence-corrected chi connectivity index (χ2v) is 5.94. The molecule has 0 saturated heterocycles. The molecule has 0 aromatic heterocycles. The Bertz CT molecular complexity index is 1050. The third kappa shape index (κ3) is 1.39. The van der Waals surface area contributed by atoms with Gasteiger partial charge >= 0.3 is 0 Å². The molecule has 0 aliphatic heterocycles. The molecule has 0 atom stereocenters. The average Bonchev–Trinajstić information content (AvgIpc) is 2.86. The summed E-state index contributed by atoms with van der Waals surface area (Å²) in [7, 11) is 0. The largest absolute Gasteiger partial charge is 0.0610 e. The Morgan fingerprint density at radius 3 is 1.95 bits per heavy atom. The fourth-order valence-corrected chi connectivity index (χ4v) is 3.63. The van der Waals surface area contributed by atoms with Gasteiger partial charge in [-0.15, -0.1) is 0 Å². The highest BCUT2D eigenvalue weighted by Crippen LogP contribution is 2.38. The van der Waals surface area contributed by atoms with E-state index in [1.807, 2.05) is 0 Å². The number of benzene rings is 3. The molecule has 2 aliphatic rings. The van der Waals surface area contributed by atoms with Crippen LogP contribution in [0.4, 0.5) is 0 Å². The van der Waals surface area contributed by atoms with E-state index in [-0.39, 0.29) is 0 Å². The Kier molecular flexibility index (Phi) is 1.97. The molecule has 0 saturated carbocycles. The molecule has 2 aliphatic carbocycles. The van der Waals surface area contributed by atoms with Crippen molar-refractivity contribution in [1.82, 2.24) is 0 Å². The van der Waals surface area contributed by atoms with Crippen LogP contribution in [0.1, 0.15) is 5.56 Å². The van der Waals surface area contributed by atoms with Gasteiger partial charge in [0.1, 0.15) is 0 Å². The molecule has 3 aromatic rings. The average molecular weight is 266 g/mol. The van der Waals surface area contributed by atoms with Crippen LogP contribution >= 0.6 is 0 Å². The molecule has 0 unspecified atom stereocenters. The molecule has 98 valence electrons. The van der Waals surface area contributed by atoms with Crippen LogP contribution in [0, 0.1) is 6.92 Å². The van der Waals surface area contributed by atoms with E-state index in [0.717, 1.165) is 0 Å². The van der Waals surface area contributed by atoms with Crippen molar-refractivity contribution in [3.8, 4) is 11.1 Å². The molecule has 0 heteroatoms. The third-order valence-corrected chi connectivity index (χ3v) is 4.70. The minimum Gasteiger partial charge on any atom is -0.0610 e. The van der Waals surface area contributed by atoms with Crippen molar-refractivity contribution in [2.75, 3.05) is 0 Å². The Balaban J connectivity index is 2.18. The minimum atomic E-state index is 1.31. The molecule has 0 bridgehead atoms. The number of aryl methyl sites for hydroxylation is 1. The summed E-state index contributed by atoms with van der Waals surface area (Å²) in [5, 5.41) is 8.16. The van der Waals surface area contributed by atoms with Gasteiger partial charge in [-0.1, -0.05) is 54.6 Å². The summed E-state index contributed by atoms with van der Waals surface area (Å²) >= 11 is 0. The molecule has 0 fully saturated rings. The summed E-state index contributed by atoms with van der Waals surface area (Å²) < 4.78 is 0. The lowest BCUT2D eigenvalue weighted by Crippen LogP contribution is -1.83. The lowest BCUT2D eigenvalue weighted by molar-refractivity contribution is 1.55.